The molecule has 4 aromatic rings. The van der Waals surface area contributed by atoms with Gasteiger partial charge in [0.1, 0.15) is 11.5 Å². The number of esters is 2. The molecule has 0 radical (unpaired) electrons. The Hall–Kier alpha value is -5.61. The van der Waals surface area contributed by atoms with E-state index >= 15 is 0 Å². The van der Waals surface area contributed by atoms with Crippen molar-refractivity contribution in [3.05, 3.63) is 141 Å². The number of nitrogens with zero attached hydrogens (tertiary/aromatic N) is 2. The maximum absolute atomic E-state index is 12.6. The average Bonchev–Trinajstić information content (AvgIpc) is 2.98. The second-order valence-corrected chi connectivity index (χ2v) is 8.67. The van der Waals surface area contributed by atoms with Crippen molar-refractivity contribution in [2.75, 3.05) is 0 Å². The Bertz CT molecular complexity index is 1650. The van der Waals surface area contributed by atoms with E-state index in [4.69, 9.17) is 21.1 Å². The highest BCUT2D eigenvalue weighted by Gasteiger charge is 2.12. The molecule has 0 fully saturated rings. The summed E-state index contributed by atoms with van der Waals surface area (Å²) in [5.74, 6) is -1.45. The minimum atomic E-state index is -0.709. The van der Waals surface area contributed by atoms with Crippen LogP contribution in [0.2, 0.25) is 5.02 Å². The smallest absolute Gasteiger partial charge is 0.343 e. The number of benzene rings is 4. The number of amides is 1. The number of hydrazone groups is 1. The lowest BCUT2D eigenvalue weighted by atomic mass is 10.2. The number of carbonyl (C=O) groups is 3. The van der Waals surface area contributed by atoms with Crippen molar-refractivity contribution in [2.24, 2.45) is 5.10 Å². The number of hydrogen-bond acceptors (Lipinski definition) is 8. The monoisotopic (exact) mass is 569 g/mol. The van der Waals surface area contributed by atoms with Crippen LogP contribution in [0.5, 0.6) is 11.5 Å². The van der Waals surface area contributed by atoms with Gasteiger partial charge in [-0.2, -0.15) is 5.10 Å². The van der Waals surface area contributed by atoms with E-state index in [0.29, 0.717) is 21.7 Å². The molecule has 0 saturated carbocycles. The van der Waals surface area contributed by atoms with Crippen LogP contribution in [0.1, 0.15) is 31.8 Å². The molecule has 41 heavy (non-hydrogen) atoms. The van der Waals surface area contributed by atoms with Crippen molar-refractivity contribution in [3.8, 4) is 11.5 Å². The first-order valence-electron chi connectivity index (χ1n) is 11.9. The van der Waals surface area contributed by atoms with E-state index < -0.39 is 22.8 Å². The standard InChI is InChI=1S/C30H20ClN3O7/c31-24-14-9-22(10-15-24)30(37)41-26-7-3-1-5-20(26)13-18-28(35)40-27-8-4-2-6-23(27)19-32-33-29(36)21-11-16-25(17-12-21)34(38)39/h1-19H,(H,33,36)/b18-13+,32-19+. The molecule has 1 N–H and O–H groups in total. The van der Waals surface area contributed by atoms with E-state index in [9.17, 15) is 24.5 Å². The number of nitrogens with one attached hydrogen (secondary N) is 1. The van der Waals surface area contributed by atoms with Gasteiger partial charge in [0, 0.05) is 39.9 Å². The van der Waals surface area contributed by atoms with Crippen molar-refractivity contribution in [3.63, 3.8) is 0 Å². The summed E-state index contributed by atoms with van der Waals surface area (Å²) in [6.45, 7) is 0. The predicted molar refractivity (Wildman–Crippen MR) is 152 cm³/mol. The van der Waals surface area contributed by atoms with E-state index in [1.807, 2.05) is 0 Å². The minimum absolute atomic E-state index is 0.141. The molecule has 0 saturated heterocycles. The van der Waals surface area contributed by atoms with Crippen LogP contribution in [0.25, 0.3) is 6.08 Å². The van der Waals surface area contributed by atoms with Crippen molar-refractivity contribution in [2.45, 2.75) is 0 Å². The molecule has 0 heterocycles. The Kier molecular flexibility index (Phi) is 9.32. The zero-order valence-electron chi connectivity index (χ0n) is 21.1. The zero-order chi connectivity index (χ0) is 29.2. The second-order valence-electron chi connectivity index (χ2n) is 8.23. The number of rotatable bonds is 9. The Labute approximate surface area is 238 Å². The number of non-ortho nitro benzene ring substituents is 1. The van der Waals surface area contributed by atoms with Gasteiger partial charge in [-0.05, 0) is 60.7 Å². The van der Waals surface area contributed by atoms with Crippen LogP contribution in [0.4, 0.5) is 5.69 Å². The molecule has 0 unspecified atom stereocenters. The lowest BCUT2D eigenvalue weighted by Gasteiger charge is -2.08. The summed E-state index contributed by atoms with van der Waals surface area (Å²) in [7, 11) is 0. The number of para-hydroxylation sites is 2. The maximum atomic E-state index is 12.6. The van der Waals surface area contributed by atoms with Gasteiger partial charge >= 0.3 is 11.9 Å². The fraction of sp³-hybridized carbons (Fsp3) is 0. The third kappa shape index (κ3) is 7.94. The number of nitro groups is 1. The lowest BCUT2D eigenvalue weighted by Crippen LogP contribution is -2.17. The third-order valence-electron chi connectivity index (χ3n) is 5.44. The normalized spacial score (nSPS) is 10.9. The molecule has 10 nitrogen and oxygen atoms in total. The summed E-state index contributed by atoms with van der Waals surface area (Å²) in [6, 6.07) is 24.5. The Balaban J connectivity index is 1.39. The molecule has 0 aliphatic rings. The summed E-state index contributed by atoms with van der Waals surface area (Å²) in [6.07, 6.45) is 3.92. The van der Waals surface area contributed by atoms with Crippen molar-refractivity contribution < 1.29 is 28.8 Å². The number of ether oxygens (including phenoxy) is 2. The van der Waals surface area contributed by atoms with E-state index in [0.717, 1.165) is 0 Å². The van der Waals surface area contributed by atoms with Crippen LogP contribution < -0.4 is 14.9 Å². The van der Waals surface area contributed by atoms with Crippen LogP contribution in [0.3, 0.4) is 0 Å². The molecule has 0 spiro atoms. The van der Waals surface area contributed by atoms with E-state index in [2.05, 4.69) is 10.5 Å². The van der Waals surface area contributed by atoms with Gasteiger partial charge in [-0.3, -0.25) is 14.9 Å². The molecule has 1 amide bonds. The summed E-state index contributed by atoms with van der Waals surface area (Å²) in [5.41, 5.74) is 3.54. The summed E-state index contributed by atoms with van der Waals surface area (Å²) in [4.78, 5) is 47.5. The van der Waals surface area contributed by atoms with Gasteiger partial charge in [-0.15, -0.1) is 0 Å². The largest absolute Gasteiger partial charge is 0.423 e. The van der Waals surface area contributed by atoms with Crippen LogP contribution in [-0.2, 0) is 4.79 Å². The fourth-order valence-corrected chi connectivity index (χ4v) is 3.52. The Morgan fingerprint density at radius 3 is 2.02 bits per heavy atom. The Morgan fingerprint density at radius 2 is 1.37 bits per heavy atom. The molecular weight excluding hydrogens is 550 g/mol. The minimum Gasteiger partial charge on any atom is -0.423 e. The van der Waals surface area contributed by atoms with E-state index in [1.54, 1.807) is 72.8 Å². The molecule has 4 rings (SSSR count). The van der Waals surface area contributed by atoms with Crippen LogP contribution in [0.15, 0.2) is 108 Å². The molecule has 0 aliphatic heterocycles. The summed E-state index contributed by atoms with van der Waals surface area (Å²) in [5, 5.41) is 15.1. The quantitative estimate of drug-likeness (QED) is 0.0666. The maximum Gasteiger partial charge on any atom is 0.343 e. The van der Waals surface area contributed by atoms with Gasteiger partial charge in [-0.25, -0.2) is 15.0 Å². The summed E-state index contributed by atoms with van der Waals surface area (Å²) < 4.78 is 10.9. The molecule has 204 valence electrons. The van der Waals surface area contributed by atoms with Crippen LogP contribution in [0, 0.1) is 10.1 Å². The van der Waals surface area contributed by atoms with Crippen molar-refractivity contribution in [1.29, 1.82) is 0 Å². The van der Waals surface area contributed by atoms with Crippen molar-refractivity contribution >= 4 is 47.4 Å². The van der Waals surface area contributed by atoms with Crippen LogP contribution >= 0.6 is 11.6 Å². The molecule has 0 aliphatic carbocycles. The Morgan fingerprint density at radius 1 is 0.780 bits per heavy atom. The van der Waals surface area contributed by atoms with E-state index in [-0.39, 0.29) is 22.7 Å². The zero-order valence-corrected chi connectivity index (χ0v) is 21.9. The first-order valence-corrected chi connectivity index (χ1v) is 12.3. The fourth-order valence-electron chi connectivity index (χ4n) is 3.40. The first-order chi connectivity index (χ1) is 19.8. The first kappa shape index (κ1) is 28.4. The van der Waals surface area contributed by atoms with Gasteiger partial charge in [0.05, 0.1) is 16.7 Å². The highest BCUT2D eigenvalue weighted by molar-refractivity contribution is 6.30. The van der Waals surface area contributed by atoms with Gasteiger partial charge < -0.3 is 9.47 Å². The SMILES string of the molecule is O=C(/C=C/c1ccccc1OC(=O)c1ccc(Cl)cc1)Oc1ccccc1/C=N/NC(=O)c1ccc([N+](=O)[O-])cc1. The van der Waals surface area contributed by atoms with Gasteiger partial charge in [0.2, 0.25) is 0 Å². The highest BCUT2D eigenvalue weighted by atomic mass is 35.5. The number of nitro benzene ring substituents is 1. The van der Waals surface area contributed by atoms with Crippen molar-refractivity contribution in [1.82, 2.24) is 5.43 Å². The van der Waals surface area contributed by atoms with Gasteiger partial charge in [0.25, 0.3) is 11.6 Å². The van der Waals surface area contributed by atoms with Crippen LogP contribution in [-0.4, -0.2) is 29.0 Å². The summed E-state index contributed by atoms with van der Waals surface area (Å²) >= 11 is 5.87. The van der Waals surface area contributed by atoms with E-state index in [1.165, 1.54) is 42.6 Å². The molecule has 0 aromatic heterocycles. The topological polar surface area (TPSA) is 137 Å². The number of halogens is 1. The van der Waals surface area contributed by atoms with Gasteiger partial charge in [0.15, 0.2) is 0 Å². The molecular formula is C30H20ClN3O7. The molecule has 4 aromatic carbocycles. The molecule has 0 bridgehead atoms. The lowest BCUT2D eigenvalue weighted by molar-refractivity contribution is -0.384. The number of hydrogen-bond donors (Lipinski definition) is 1. The van der Waals surface area contributed by atoms with Gasteiger partial charge in [-0.1, -0.05) is 41.9 Å². The predicted octanol–water partition coefficient (Wildman–Crippen LogP) is 5.85. The second kappa shape index (κ2) is 13.5. The average molecular weight is 570 g/mol. The number of carbonyl (C=O) groups excluding carboxylic acids is 3. The molecule has 11 heteroatoms. The highest BCUT2D eigenvalue weighted by Crippen LogP contribution is 2.22. The molecule has 0 atom stereocenters. The third-order valence-corrected chi connectivity index (χ3v) is 5.69.